The lowest BCUT2D eigenvalue weighted by atomic mass is 9.99. The fourth-order valence-corrected chi connectivity index (χ4v) is 3.93. The van der Waals surface area contributed by atoms with Gasteiger partial charge in [0.25, 0.3) is 11.8 Å². The standard InChI is InChI=1S/C26H27N3O4/c1-32-23-10-9-19(14-24(23)33-2)25(30)28-15-17-5-3-6-18(13-17)26(31)29-22-8-4-7-20-16-27-12-11-21(20)22/h3-10,13-14,27H,11-12,15-16H2,1-2H3,(H,28,30)(H,29,31). The van der Waals surface area contributed by atoms with Gasteiger partial charge < -0.3 is 25.4 Å². The van der Waals surface area contributed by atoms with Crippen molar-refractivity contribution < 1.29 is 19.1 Å². The quantitative estimate of drug-likeness (QED) is 0.518. The lowest BCUT2D eigenvalue weighted by Gasteiger charge is -2.20. The summed E-state index contributed by atoms with van der Waals surface area (Å²) in [5, 5.41) is 9.28. The first-order chi connectivity index (χ1) is 16.1. The molecule has 0 aliphatic carbocycles. The number of anilines is 1. The molecule has 2 amide bonds. The van der Waals surface area contributed by atoms with Gasteiger partial charge in [0, 0.05) is 29.9 Å². The van der Waals surface area contributed by atoms with E-state index >= 15 is 0 Å². The summed E-state index contributed by atoms with van der Waals surface area (Å²) >= 11 is 0. The number of fused-ring (bicyclic) bond motifs is 1. The Balaban J connectivity index is 1.42. The van der Waals surface area contributed by atoms with Gasteiger partial charge in [-0.25, -0.2) is 0 Å². The smallest absolute Gasteiger partial charge is 0.255 e. The third-order valence-electron chi connectivity index (χ3n) is 5.68. The Labute approximate surface area is 193 Å². The van der Waals surface area contributed by atoms with Crippen LogP contribution in [0.1, 0.15) is 37.4 Å². The van der Waals surface area contributed by atoms with Crippen molar-refractivity contribution in [2.24, 2.45) is 0 Å². The lowest BCUT2D eigenvalue weighted by Crippen LogP contribution is -2.25. The summed E-state index contributed by atoms with van der Waals surface area (Å²) in [6.45, 7) is 2.00. The van der Waals surface area contributed by atoms with E-state index in [0.29, 0.717) is 29.2 Å². The van der Waals surface area contributed by atoms with E-state index < -0.39 is 0 Å². The molecule has 33 heavy (non-hydrogen) atoms. The zero-order valence-corrected chi connectivity index (χ0v) is 18.7. The topological polar surface area (TPSA) is 88.7 Å². The van der Waals surface area contributed by atoms with Crippen molar-refractivity contribution in [3.63, 3.8) is 0 Å². The summed E-state index contributed by atoms with van der Waals surface area (Å²) in [5.41, 5.74) is 5.08. The zero-order chi connectivity index (χ0) is 23.2. The minimum absolute atomic E-state index is 0.171. The van der Waals surface area contributed by atoms with Gasteiger partial charge in [-0.2, -0.15) is 0 Å². The molecule has 0 unspecified atom stereocenters. The van der Waals surface area contributed by atoms with Crippen LogP contribution in [0.2, 0.25) is 0 Å². The average Bonchev–Trinajstić information content (AvgIpc) is 2.87. The van der Waals surface area contributed by atoms with Crippen LogP contribution in [0.4, 0.5) is 5.69 Å². The molecule has 0 saturated heterocycles. The van der Waals surface area contributed by atoms with E-state index in [-0.39, 0.29) is 11.8 Å². The van der Waals surface area contributed by atoms with E-state index in [4.69, 9.17) is 9.47 Å². The van der Waals surface area contributed by atoms with Gasteiger partial charge in [-0.05, 0) is 66.1 Å². The van der Waals surface area contributed by atoms with Gasteiger partial charge in [-0.3, -0.25) is 9.59 Å². The molecule has 0 aromatic heterocycles. The van der Waals surface area contributed by atoms with Gasteiger partial charge in [-0.15, -0.1) is 0 Å². The van der Waals surface area contributed by atoms with Crippen LogP contribution in [0.25, 0.3) is 0 Å². The van der Waals surface area contributed by atoms with Gasteiger partial charge >= 0.3 is 0 Å². The molecule has 0 bridgehead atoms. The van der Waals surface area contributed by atoms with E-state index in [0.717, 1.165) is 30.8 Å². The second kappa shape index (κ2) is 10.2. The van der Waals surface area contributed by atoms with Crippen molar-refractivity contribution >= 4 is 17.5 Å². The van der Waals surface area contributed by atoms with E-state index in [9.17, 15) is 9.59 Å². The number of rotatable bonds is 7. The highest BCUT2D eigenvalue weighted by atomic mass is 16.5. The van der Waals surface area contributed by atoms with Crippen LogP contribution in [0.15, 0.2) is 60.7 Å². The second-order valence-corrected chi connectivity index (χ2v) is 7.78. The summed E-state index contributed by atoms with van der Waals surface area (Å²) in [6, 6.07) is 18.2. The first-order valence-corrected chi connectivity index (χ1v) is 10.8. The lowest BCUT2D eigenvalue weighted by molar-refractivity contribution is 0.0950. The third kappa shape index (κ3) is 5.15. The predicted octanol–water partition coefficient (Wildman–Crippen LogP) is 3.53. The molecule has 3 N–H and O–H groups in total. The maximum Gasteiger partial charge on any atom is 0.255 e. The van der Waals surface area contributed by atoms with Crippen LogP contribution in [0, 0.1) is 0 Å². The molecule has 1 heterocycles. The summed E-state index contributed by atoms with van der Waals surface area (Å²) in [5.74, 6) is 0.636. The number of amides is 2. The van der Waals surface area contributed by atoms with Crippen molar-refractivity contribution in [3.8, 4) is 11.5 Å². The van der Waals surface area contributed by atoms with Crippen molar-refractivity contribution in [2.45, 2.75) is 19.5 Å². The molecule has 1 aliphatic rings. The highest BCUT2D eigenvalue weighted by Crippen LogP contribution is 2.27. The van der Waals surface area contributed by atoms with Gasteiger partial charge in [0.1, 0.15) is 0 Å². The maximum absolute atomic E-state index is 12.9. The molecule has 1 aliphatic heterocycles. The Bertz CT molecular complexity index is 1180. The Hall–Kier alpha value is -3.84. The molecular weight excluding hydrogens is 418 g/mol. The van der Waals surface area contributed by atoms with Gasteiger partial charge in [0.05, 0.1) is 14.2 Å². The number of carbonyl (C=O) groups is 2. The number of benzene rings is 3. The number of ether oxygens (including phenoxy) is 2. The Morgan fingerprint density at radius 1 is 0.909 bits per heavy atom. The molecule has 0 fully saturated rings. The number of carbonyl (C=O) groups excluding carboxylic acids is 2. The molecule has 0 spiro atoms. The number of methoxy groups -OCH3 is 2. The van der Waals surface area contributed by atoms with Crippen molar-refractivity contribution in [1.29, 1.82) is 0 Å². The van der Waals surface area contributed by atoms with E-state index in [2.05, 4.69) is 22.0 Å². The summed E-state index contributed by atoms with van der Waals surface area (Å²) in [7, 11) is 3.07. The minimum atomic E-state index is -0.240. The normalized spacial score (nSPS) is 12.4. The molecule has 3 aromatic carbocycles. The average molecular weight is 446 g/mol. The molecule has 0 atom stereocenters. The molecule has 0 saturated carbocycles. The fraction of sp³-hybridized carbons (Fsp3) is 0.231. The van der Waals surface area contributed by atoms with Crippen molar-refractivity contribution in [1.82, 2.24) is 10.6 Å². The van der Waals surface area contributed by atoms with E-state index in [1.165, 1.54) is 18.2 Å². The Morgan fingerprint density at radius 2 is 1.70 bits per heavy atom. The van der Waals surface area contributed by atoms with Crippen LogP contribution in [0.3, 0.4) is 0 Å². The first-order valence-electron chi connectivity index (χ1n) is 10.8. The minimum Gasteiger partial charge on any atom is -0.493 e. The Morgan fingerprint density at radius 3 is 2.52 bits per heavy atom. The van der Waals surface area contributed by atoms with Crippen LogP contribution in [-0.2, 0) is 19.5 Å². The van der Waals surface area contributed by atoms with Crippen molar-refractivity contribution in [2.75, 3.05) is 26.1 Å². The fourth-order valence-electron chi connectivity index (χ4n) is 3.93. The summed E-state index contributed by atoms with van der Waals surface area (Å²) in [6.07, 6.45) is 0.883. The first kappa shape index (κ1) is 22.4. The molecular formula is C26H27N3O4. The van der Waals surface area contributed by atoms with Crippen LogP contribution < -0.4 is 25.4 Å². The maximum atomic E-state index is 12.9. The summed E-state index contributed by atoms with van der Waals surface area (Å²) < 4.78 is 10.5. The summed E-state index contributed by atoms with van der Waals surface area (Å²) in [4.78, 5) is 25.5. The van der Waals surface area contributed by atoms with Crippen molar-refractivity contribution in [3.05, 3.63) is 88.5 Å². The van der Waals surface area contributed by atoms with Crippen LogP contribution in [-0.4, -0.2) is 32.6 Å². The monoisotopic (exact) mass is 445 g/mol. The highest BCUT2D eigenvalue weighted by Gasteiger charge is 2.15. The second-order valence-electron chi connectivity index (χ2n) is 7.78. The van der Waals surface area contributed by atoms with Crippen LogP contribution >= 0.6 is 0 Å². The van der Waals surface area contributed by atoms with Gasteiger partial charge in [0.2, 0.25) is 0 Å². The Kier molecular flexibility index (Phi) is 6.90. The molecule has 170 valence electrons. The third-order valence-corrected chi connectivity index (χ3v) is 5.68. The number of hydrogen-bond donors (Lipinski definition) is 3. The zero-order valence-electron chi connectivity index (χ0n) is 18.7. The molecule has 0 radical (unpaired) electrons. The van der Waals surface area contributed by atoms with E-state index in [1.54, 1.807) is 37.4 Å². The molecule has 7 heteroatoms. The largest absolute Gasteiger partial charge is 0.493 e. The highest BCUT2D eigenvalue weighted by molar-refractivity contribution is 6.05. The van der Waals surface area contributed by atoms with Gasteiger partial charge in [0.15, 0.2) is 11.5 Å². The van der Waals surface area contributed by atoms with Gasteiger partial charge in [-0.1, -0.05) is 24.3 Å². The number of hydrogen-bond acceptors (Lipinski definition) is 5. The molecule has 4 rings (SSSR count). The predicted molar refractivity (Wildman–Crippen MR) is 127 cm³/mol. The number of nitrogens with one attached hydrogen (secondary N) is 3. The molecule has 7 nitrogen and oxygen atoms in total. The SMILES string of the molecule is COc1ccc(C(=O)NCc2cccc(C(=O)Nc3cccc4c3CCNC4)c2)cc1OC. The van der Waals surface area contributed by atoms with E-state index in [1.807, 2.05) is 24.3 Å². The van der Waals surface area contributed by atoms with Crippen LogP contribution in [0.5, 0.6) is 11.5 Å². The molecule has 3 aromatic rings.